The van der Waals surface area contributed by atoms with E-state index in [1.807, 2.05) is 24.3 Å². The van der Waals surface area contributed by atoms with Crippen molar-refractivity contribution in [2.75, 3.05) is 0 Å². The summed E-state index contributed by atoms with van der Waals surface area (Å²) in [5.41, 5.74) is 3.24. The van der Waals surface area contributed by atoms with Gasteiger partial charge in [-0.05, 0) is 29.3 Å². The predicted molar refractivity (Wildman–Crippen MR) is 98.8 cm³/mol. The highest BCUT2D eigenvalue weighted by Gasteiger charge is 2.14. The molecule has 0 radical (unpaired) electrons. The highest BCUT2D eigenvalue weighted by molar-refractivity contribution is 7.71. The maximum absolute atomic E-state index is 5.29. The molecule has 0 aliphatic heterocycles. The Morgan fingerprint density at radius 1 is 1.17 bits per heavy atom. The van der Waals surface area contributed by atoms with Gasteiger partial charge in [-0.25, -0.2) is 5.10 Å². The third-order valence-electron chi connectivity index (χ3n) is 3.67. The Balaban J connectivity index is 1.96. The van der Waals surface area contributed by atoms with Crippen LogP contribution in [0, 0.1) is 4.77 Å². The standard InChI is InChI=1S/C18H19N5S/c1-18(2,3)15-8-6-14(7-9-15)16-21-22-17(24)23(16)20-12-13-5-4-10-19-11-13/h4-12H,1-3H3,(H,22,24)/b20-12-. The molecule has 0 aliphatic rings. The molecule has 0 bridgehead atoms. The van der Waals surface area contributed by atoms with Crippen molar-refractivity contribution in [1.29, 1.82) is 0 Å². The van der Waals surface area contributed by atoms with Gasteiger partial charge in [-0.3, -0.25) is 4.98 Å². The van der Waals surface area contributed by atoms with E-state index in [0.717, 1.165) is 11.1 Å². The Bertz CT molecular complexity index is 899. The van der Waals surface area contributed by atoms with Crippen LogP contribution in [0.2, 0.25) is 0 Å². The number of rotatable bonds is 3. The van der Waals surface area contributed by atoms with E-state index in [1.165, 1.54) is 5.56 Å². The first-order valence-corrected chi connectivity index (χ1v) is 8.09. The van der Waals surface area contributed by atoms with Crippen molar-refractivity contribution in [2.24, 2.45) is 5.10 Å². The zero-order valence-corrected chi connectivity index (χ0v) is 14.7. The van der Waals surface area contributed by atoms with Gasteiger partial charge < -0.3 is 0 Å². The van der Waals surface area contributed by atoms with Gasteiger partial charge in [-0.15, -0.1) is 0 Å². The second-order valence-electron chi connectivity index (χ2n) is 6.52. The van der Waals surface area contributed by atoms with Crippen LogP contribution in [0.4, 0.5) is 0 Å². The zero-order chi connectivity index (χ0) is 17.2. The molecule has 1 aromatic carbocycles. The molecule has 6 heteroatoms. The van der Waals surface area contributed by atoms with E-state index in [0.29, 0.717) is 10.6 Å². The smallest absolute Gasteiger partial charge is 0.216 e. The summed E-state index contributed by atoms with van der Waals surface area (Å²) in [5, 5.41) is 11.5. The predicted octanol–water partition coefficient (Wildman–Crippen LogP) is 4.18. The minimum Gasteiger partial charge on any atom is -0.264 e. The van der Waals surface area contributed by atoms with E-state index >= 15 is 0 Å². The number of hydrogen-bond donors (Lipinski definition) is 1. The topological polar surface area (TPSA) is 58.9 Å². The van der Waals surface area contributed by atoms with Crippen molar-refractivity contribution in [3.8, 4) is 11.4 Å². The molecule has 0 saturated carbocycles. The van der Waals surface area contributed by atoms with E-state index in [1.54, 1.807) is 23.3 Å². The molecule has 2 aromatic heterocycles. The second-order valence-corrected chi connectivity index (χ2v) is 6.91. The van der Waals surface area contributed by atoms with Crippen LogP contribution in [0.1, 0.15) is 31.9 Å². The number of hydrogen-bond acceptors (Lipinski definition) is 4. The van der Waals surface area contributed by atoms with Crippen molar-refractivity contribution >= 4 is 18.4 Å². The van der Waals surface area contributed by atoms with Crippen molar-refractivity contribution in [3.63, 3.8) is 0 Å². The molecule has 0 fully saturated rings. The minimum absolute atomic E-state index is 0.113. The molecular weight excluding hydrogens is 318 g/mol. The average Bonchev–Trinajstić information content (AvgIpc) is 2.94. The Hall–Kier alpha value is -2.60. The Kier molecular flexibility index (Phi) is 4.40. The molecule has 0 saturated heterocycles. The maximum atomic E-state index is 5.29. The van der Waals surface area contributed by atoms with Crippen molar-refractivity contribution in [1.82, 2.24) is 19.9 Å². The lowest BCUT2D eigenvalue weighted by atomic mass is 9.87. The minimum atomic E-state index is 0.113. The fourth-order valence-electron chi connectivity index (χ4n) is 2.28. The van der Waals surface area contributed by atoms with Gasteiger partial charge >= 0.3 is 0 Å². The SMILES string of the molecule is CC(C)(C)c1ccc(-c2n[nH]c(=S)n2/N=C\c2cccnc2)cc1. The van der Waals surface area contributed by atoms with Gasteiger partial charge in [0.25, 0.3) is 0 Å². The third-order valence-corrected chi connectivity index (χ3v) is 3.93. The molecule has 122 valence electrons. The van der Waals surface area contributed by atoms with Crippen molar-refractivity contribution in [3.05, 3.63) is 64.7 Å². The summed E-state index contributed by atoms with van der Waals surface area (Å²) in [6.07, 6.45) is 5.18. The molecule has 0 amide bonds. The van der Waals surface area contributed by atoms with Crippen molar-refractivity contribution < 1.29 is 0 Å². The number of aromatic amines is 1. The van der Waals surface area contributed by atoms with E-state index in [2.05, 4.69) is 53.2 Å². The number of nitrogens with zero attached hydrogens (tertiary/aromatic N) is 4. The van der Waals surface area contributed by atoms with E-state index < -0.39 is 0 Å². The summed E-state index contributed by atoms with van der Waals surface area (Å²) in [4.78, 5) is 4.07. The Morgan fingerprint density at radius 2 is 1.92 bits per heavy atom. The molecule has 0 aliphatic carbocycles. The first-order valence-electron chi connectivity index (χ1n) is 7.68. The molecule has 0 spiro atoms. The van der Waals surface area contributed by atoms with Gasteiger partial charge in [0.2, 0.25) is 4.77 Å². The van der Waals surface area contributed by atoms with Crippen LogP contribution < -0.4 is 0 Å². The van der Waals surface area contributed by atoms with Gasteiger partial charge in [-0.2, -0.15) is 14.9 Å². The molecule has 3 rings (SSSR count). The molecular formula is C18H19N5S. The van der Waals surface area contributed by atoms with Crippen LogP contribution in [0.3, 0.4) is 0 Å². The molecule has 24 heavy (non-hydrogen) atoms. The van der Waals surface area contributed by atoms with Crippen LogP contribution in [0.25, 0.3) is 11.4 Å². The quantitative estimate of drug-likeness (QED) is 0.576. The molecule has 5 nitrogen and oxygen atoms in total. The van der Waals surface area contributed by atoms with Gasteiger partial charge in [0.1, 0.15) is 0 Å². The van der Waals surface area contributed by atoms with Crippen LogP contribution >= 0.6 is 12.2 Å². The number of H-pyrrole nitrogens is 1. The molecule has 3 aromatic rings. The number of aromatic nitrogens is 4. The van der Waals surface area contributed by atoms with Gasteiger partial charge in [0.15, 0.2) is 5.82 Å². The number of pyridine rings is 1. The second kappa shape index (κ2) is 6.49. The fourth-order valence-corrected chi connectivity index (χ4v) is 2.46. The van der Waals surface area contributed by atoms with E-state index in [9.17, 15) is 0 Å². The lowest BCUT2D eigenvalue weighted by Gasteiger charge is -2.18. The largest absolute Gasteiger partial charge is 0.264 e. The first-order chi connectivity index (χ1) is 11.4. The summed E-state index contributed by atoms with van der Waals surface area (Å²) >= 11 is 5.29. The van der Waals surface area contributed by atoms with Crippen LogP contribution in [-0.4, -0.2) is 26.1 Å². The van der Waals surface area contributed by atoms with Gasteiger partial charge in [0, 0.05) is 23.5 Å². The third kappa shape index (κ3) is 3.49. The van der Waals surface area contributed by atoms with E-state index in [-0.39, 0.29) is 5.41 Å². The lowest BCUT2D eigenvalue weighted by Crippen LogP contribution is -2.10. The monoisotopic (exact) mass is 337 g/mol. The molecule has 0 atom stereocenters. The molecule has 2 heterocycles. The lowest BCUT2D eigenvalue weighted by molar-refractivity contribution is 0.590. The first kappa shape index (κ1) is 16.3. The fraction of sp³-hybridized carbons (Fsp3) is 0.222. The summed E-state index contributed by atoms with van der Waals surface area (Å²) in [5.74, 6) is 0.681. The summed E-state index contributed by atoms with van der Waals surface area (Å²) < 4.78 is 2.07. The molecule has 0 unspecified atom stereocenters. The number of benzene rings is 1. The Morgan fingerprint density at radius 3 is 2.54 bits per heavy atom. The maximum Gasteiger partial charge on any atom is 0.216 e. The number of nitrogens with one attached hydrogen (secondary N) is 1. The Labute approximate surface area is 146 Å². The normalized spacial score (nSPS) is 12.0. The molecule has 1 N–H and O–H groups in total. The van der Waals surface area contributed by atoms with Gasteiger partial charge in [0.05, 0.1) is 6.21 Å². The highest BCUT2D eigenvalue weighted by atomic mass is 32.1. The summed E-state index contributed by atoms with van der Waals surface area (Å²) in [6, 6.07) is 12.1. The average molecular weight is 337 g/mol. The van der Waals surface area contributed by atoms with Crippen LogP contribution in [-0.2, 0) is 5.41 Å². The van der Waals surface area contributed by atoms with Gasteiger partial charge in [-0.1, -0.05) is 51.1 Å². The van der Waals surface area contributed by atoms with E-state index in [4.69, 9.17) is 12.2 Å². The van der Waals surface area contributed by atoms with Crippen LogP contribution in [0.15, 0.2) is 53.9 Å². The van der Waals surface area contributed by atoms with Crippen molar-refractivity contribution in [2.45, 2.75) is 26.2 Å². The van der Waals surface area contributed by atoms with Crippen LogP contribution in [0.5, 0.6) is 0 Å². The zero-order valence-electron chi connectivity index (χ0n) is 13.9. The summed E-state index contributed by atoms with van der Waals surface area (Å²) in [7, 11) is 0. The highest BCUT2D eigenvalue weighted by Crippen LogP contribution is 2.25. The summed E-state index contributed by atoms with van der Waals surface area (Å²) in [6.45, 7) is 6.57.